The van der Waals surface area contributed by atoms with Crippen molar-refractivity contribution in [2.24, 2.45) is 5.73 Å². The van der Waals surface area contributed by atoms with Gasteiger partial charge in [0.1, 0.15) is 6.61 Å². The average Bonchev–Trinajstić information content (AvgIpc) is 2.91. The van der Waals surface area contributed by atoms with Crippen LogP contribution in [-0.4, -0.2) is 29.8 Å². The first kappa shape index (κ1) is 19.0. The lowest BCUT2D eigenvalue weighted by Crippen LogP contribution is -2.26. The Hall–Kier alpha value is -1.05. The number of nitrogens with zero attached hydrogens (tertiary/aromatic N) is 1. The van der Waals surface area contributed by atoms with E-state index in [4.69, 9.17) is 31.9 Å². The molecule has 8 heteroatoms. The van der Waals surface area contributed by atoms with E-state index in [1.807, 2.05) is 18.2 Å². The fourth-order valence-corrected chi connectivity index (χ4v) is 2.72. The van der Waals surface area contributed by atoms with Gasteiger partial charge in [-0.15, -0.1) is 23.7 Å². The lowest BCUT2D eigenvalue weighted by atomic mass is 10.1. The normalized spacial score (nSPS) is 11.6. The Balaban J connectivity index is 0.00000242. The minimum Gasteiger partial charge on any atom is -0.493 e. The van der Waals surface area contributed by atoms with E-state index in [0.29, 0.717) is 29.0 Å². The minimum atomic E-state index is -0.277. The quantitative estimate of drug-likeness (QED) is 0.789. The van der Waals surface area contributed by atoms with Crippen LogP contribution in [-0.2, 0) is 13.0 Å². The number of rotatable bonds is 7. The molecule has 0 fully saturated rings. The molecule has 1 aromatic heterocycles. The maximum atomic E-state index is 8.99. The summed E-state index contributed by atoms with van der Waals surface area (Å²) in [5.74, 6) is 1.27. The molecule has 1 aromatic carbocycles. The minimum absolute atomic E-state index is 0. The summed E-state index contributed by atoms with van der Waals surface area (Å²) in [7, 11) is 1.58. The summed E-state index contributed by atoms with van der Waals surface area (Å²) in [6.45, 7) is 0.336. The zero-order valence-electron chi connectivity index (χ0n) is 12.0. The molecule has 0 aliphatic heterocycles. The van der Waals surface area contributed by atoms with E-state index < -0.39 is 0 Å². The molecule has 122 valence electrons. The highest BCUT2D eigenvalue weighted by molar-refractivity contribution is 7.15. The maximum absolute atomic E-state index is 8.99. The number of hydrogen-bond acceptors (Lipinski definition) is 6. The van der Waals surface area contributed by atoms with Crippen LogP contribution in [0.2, 0.25) is 4.47 Å². The van der Waals surface area contributed by atoms with Gasteiger partial charge >= 0.3 is 0 Å². The van der Waals surface area contributed by atoms with Gasteiger partial charge < -0.3 is 20.3 Å². The number of methoxy groups -OCH3 is 1. The first-order valence-corrected chi connectivity index (χ1v) is 7.58. The number of halogens is 2. The van der Waals surface area contributed by atoms with Crippen LogP contribution >= 0.6 is 35.3 Å². The van der Waals surface area contributed by atoms with Crippen molar-refractivity contribution in [3.05, 3.63) is 39.3 Å². The standard InChI is InChI=1S/C14H17ClN2O3S.ClH/c1-19-13-5-9(4-10(16)7-18)2-3-12(13)20-8-11-6-17-14(15)21-11;/h2-3,5-6,10,18H,4,7-8,16H2,1H3;1H. The van der Waals surface area contributed by atoms with Crippen LogP contribution in [0.25, 0.3) is 0 Å². The molecule has 2 rings (SSSR count). The van der Waals surface area contributed by atoms with E-state index in [1.165, 1.54) is 11.3 Å². The molecule has 0 aliphatic carbocycles. The number of aromatic nitrogens is 1. The average molecular weight is 365 g/mol. The summed E-state index contributed by atoms with van der Waals surface area (Å²) >= 11 is 7.16. The molecule has 5 nitrogen and oxygen atoms in total. The molecule has 0 saturated carbocycles. The first-order chi connectivity index (χ1) is 10.1. The molecule has 3 N–H and O–H groups in total. The Kier molecular flexibility index (Phi) is 7.92. The van der Waals surface area contributed by atoms with Crippen molar-refractivity contribution < 1.29 is 14.6 Å². The van der Waals surface area contributed by atoms with Gasteiger partial charge in [-0.05, 0) is 24.1 Å². The summed E-state index contributed by atoms with van der Waals surface area (Å²) in [6, 6.07) is 5.33. The zero-order chi connectivity index (χ0) is 15.2. The van der Waals surface area contributed by atoms with Crippen LogP contribution in [0, 0.1) is 0 Å². The van der Waals surface area contributed by atoms with Crippen LogP contribution in [0.4, 0.5) is 0 Å². The van der Waals surface area contributed by atoms with Crippen LogP contribution in [0.5, 0.6) is 11.5 Å². The third kappa shape index (κ3) is 5.30. The number of thiazole rings is 1. The summed E-state index contributed by atoms with van der Waals surface area (Å²) in [5, 5.41) is 8.99. The van der Waals surface area contributed by atoms with Gasteiger partial charge in [0.15, 0.2) is 16.0 Å². The number of aliphatic hydroxyl groups is 1. The van der Waals surface area contributed by atoms with Gasteiger partial charge in [-0.1, -0.05) is 17.7 Å². The molecular formula is C14H18Cl2N2O3S. The molecule has 1 atom stereocenters. The largest absolute Gasteiger partial charge is 0.493 e. The van der Waals surface area contributed by atoms with E-state index in [0.717, 1.165) is 10.4 Å². The molecule has 0 radical (unpaired) electrons. The predicted octanol–water partition coefficient (Wildman–Crippen LogP) is 2.67. The Bertz CT molecular complexity index is 595. The molecule has 0 amide bonds. The van der Waals surface area contributed by atoms with Gasteiger partial charge in [0.05, 0.1) is 18.6 Å². The van der Waals surface area contributed by atoms with Crippen molar-refractivity contribution in [3.8, 4) is 11.5 Å². The van der Waals surface area contributed by atoms with Crippen molar-refractivity contribution in [1.82, 2.24) is 4.98 Å². The number of nitrogens with two attached hydrogens (primary N) is 1. The van der Waals surface area contributed by atoms with Crippen molar-refractivity contribution in [2.45, 2.75) is 19.1 Å². The molecule has 1 unspecified atom stereocenters. The Morgan fingerprint density at radius 3 is 2.77 bits per heavy atom. The van der Waals surface area contributed by atoms with E-state index in [9.17, 15) is 0 Å². The first-order valence-electron chi connectivity index (χ1n) is 6.38. The van der Waals surface area contributed by atoms with Gasteiger partial charge in [-0.3, -0.25) is 0 Å². The molecule has 0 saturated heterocycles. The summed E-state index contributed by atoms with van der Waals surface area (Å²) in [6.07, 6.45) is 2.27. The number of ether oxygens (including phenoxy) is 2. The van der Waals surface area contributed by atoms with Crippen LogP contribution in [0.3, 0.4) is 0 Å². The Labute approximate surface area is 144 Å². The highest BCUT2D eigenvalue weighted by Crippen LogP contribution is 2.30. The van der Waals surface area contributed by atoms with Crippen molar-refractivity contribution >= 4 is 35.3 Å². The van der Waals surface area contributed by atoms with E-state index in [1.54, 1.807) is 13.3 Å². The summed E-state index contributed by atoms with van der Waals surface area (Å²) in [5.41, 5.74) is 6.72. The molecule has 1 heterocycles. The fourth-order valence-electron chi connectivity index (χ4n) is 1.82. The third-order valence-electron chi connectivity index (χ3n) is 2.86. The number of benzene rings is 1. The van der Waals surface area contributed by atoms with Crippen molar-refractivity contribution in [3.63, 3.8) is 0 Å². The predicted molar refractivity (Wildman–Crippen MR) is 90.5 cm³/mol. The lowest BCUT2D eigenvalue weighted by Gasteiger charge is -2.13. The van der Waals surface area contributed by atoms with Crippen LogP contribution < -0.4 is 15.2 Å². The zero-order valence-corrected chi connectivity index (χ0v) is 14.4. The second-order valence-corrected chi connectivity index (χ2v) is 6.20. The second-order valence-electron chi connectivity index (χ2n) is 4.50. The summed E-state index contributed by atoms with van der Waals surface area (Å²) < 4.78 is 11.5. The van der Waals surface area contributed by atoms with Gasteiger partial charge in [0, 0.05) is 12.2 Å². The van der Waals surface area contributed by atoms with Crippen LogP contribution in [0.15, 0.2) is 24.4 Å². The van der Waals surface area contributed by atoms with Crippen molar-refractivity contribution in [2.75, 3.05) is 13.7 Å². The highest BCUT2D eigenvalue weighted by atomic mass is 35.5. The molecule has 2 aromatic rings. The lowest BCUT2D eigenvalue weighted by molar-refractivity contribution is 0.265. The fraction of sp³-hybridized carbons (Fsp3) is 0.357. The smallest absolute Gasteiger partial charge is 0.183 e. The highest BCUT2D eigenvalue weighted by Gasteiger charge is 2.09. The maximum Gasteiger partial charge on any atom is 0.183 e. The van der Waals surface area contributed by atoms with Crippen molar-refractivity contribution in [1.29, 1.82) is 0 Å². The molecular weight excluding hydrogens is 347 g/mol. The monoisotopic (exact) mass is 364 g/mol. The SMILES string of the molecule is COc1cc(CC(N)CO)ccc1OCc1cnc(Cl)s1.Cl. The summed E-state index contributed by atoms with van der Waals surface area (Å²) in [4.78, 5) is 4.90. The van der Waals surface area contributed by atoms with Gasteiger partial charge in [-0.25, -0.2) is 4.98 Å². The van der Waals surface area contributed by atoms with Gasteiger partial charge in [0.25, 0.3) is 0 Å². The molecule has 0 aliphatic rings. The van der Waals surface area contributed by atoms with Gasteiger partial charge in [-0.2, -0.15) is 0 Å². The van der Waals surface area contributed by atoms with E-state index in [-0.39, 0.29) is 25.1 Å². The Morgan fingerprint density at radius 1 is 1.41 bits per heavy atom. The number of aliphatic hydroxyl groups excluding tert-OH is 1. The number of hydrogen-bond donors (Lipinski definition) is 2. The van der Waals surface area contributed by atoms with Gasteiger partial charge in [0.2, 0.25) is 0 Å². The topological polar surface area (TPSA) is 77.6 Å². The van der Waals surface area contributed by atoms with Crippen LogP contribution in [0.1, 0.15) is 10.4 Å². The third-order valence-corrected chi connectivity index (χ3v) is 3.94. The molecule has 0 spiro atoms. The molecule has 22 heavy (non-hydrogen) atoms. The second kappa shape index (κ2) is 9.17. The Morgan fingerprint density at radius 2 is 2.18 bits per heavy atom. The molecule has 0 bridgehead atoms. The van der Waals surface area contributed by atoms with E-state index in [2.05, 4.69) is 4.98 Å². The van der Waals surface area contributed by atoms with E-state index >= 15 is 0 Å².